The number of hydrogen-bond donors (Lipinski definition) is 2. The Kier molecular flexibility index (Phi) is 4.31. The molecule has 2 fully saturated rings. The van der Waals surface area contributed by atoms with E-state index in [0.29, 0.717) is 31.5 Å². The van der Waals surface area contributed by atoms with Gasteiger partial charge in [-0.3, -0.25) is 0 Å². The minimum absolute atomic E-state index is 0.0376. The number of hydrogen-bond acceptors (Lipinski definition) is 3. The van der Waals surface area contributed by atoms with Crippen molar-refractivity contribution in [3.63, 3.8) is 0 Å². The van der Waals surface area contributed by atoms with Gasteiger partial charge in [0.25, 0.3) is 10.2 Å². The second kappa shape index (κ2) is 6.04. The molecule has 5 nitrogen and oxygen atoms in total. The SMILES string of the molecule is NCC1CCCN(S(=O)(=O)NC2CC2c2ccccc2)C1. The van der Waals surface area contributed by atoms with Crippen LogP contribution in [0.15, 0.2) is 30.3 Å². The molecule has 1 saturated heterocycles. The molecule has 1 aliphatic carbocycles. The Morgan fingerprint density at radius 1 is 1.29 bits per heavy atom. The molecule has 6 heteroatoms. The first kappa shape index (κ1) is 15.0. The molecule has 21 heavy (non-hydrogen) atoms. The van der Waals surface area contributed by atoms with Gasteiger partial charge in [0, 0.05) is 25.0 Å². The lowest BCUT2D eigenvalue weighted by Crippen LogP contribution is -2.48. The minimum atomic E-state index is -3.38. The van der Waals surface area contributed by atoms with Crippen LogP contribution < -0.4 is 10.5 Å². The summed E-state index contributed by atoms with van der Waals surface area (Å²) in [7, 11) is -3.38. The maximum absolute atomic E-state index is 12.4. The predicted molar refractivity (Wildman–Crippen MR) is 83.0 cm³/mol. The summed E-state index contributed by atoms with van der Waals surface area (Å²) in [6, 6.07) is 10.1. The summed E-state index contributed by atoms with van der Waals surface area (Å²) in [5, 5.41) is 0. The Bertz CT molecular complexity index is 576. The van der Waals surface area contributed by atoms with E-state index >= 15 is 0 Å². The largest absolute Gasteiger partial charge is 0.330 e. The van der Waals surface area contributed by atoms with Gasteiger partial charge in [-0.05, 0) is 37.3 Å². The average molecular weight is 309 g/mol. The first-order chi connectivity index (χ1) is 10.1. The summed E-state index contributed by atoms with van der Waals surface area (Å²) < 4.78 is 29.3. The molecule has 1 aromatic carbocycles. The molecular weight excluding hydrogens is 286 g/mol. The van der Waals surface area contributed by atoms with Gasteiger partial charge in [0.15, 0.2) is 0 Å². The van der Waals surface area contributed by atoms with E-state index in [0.717, 1.165) is 19.3 Å². The number of piperidine rings is 1. The molecule has 0 bridgehead atoms. The van der Waals surface area contributed by atoms with Crippen LogP contribution in [0.25, 0.3) is 0 Å². The molecule has 3 N–H and O–H groups in total. The lowest BCUT2D eigenvalue weighted by molar-refractivity contribution is 0.268. The second-order valence-corrected chi connectivity index (χ2v) is 7.79. The Balaban J connectivity index is 1.60. The minimum Gasteiger partial charge on any atom is -0.330 e. The molecule has 2 aliphatic rings. The van der Waals surface area contributed by atoms with Gasteiger partial charge in [-0.25, -0.2) is 0 Å². The van der Waals surface area contributed by atoms with Gasteiger partial charge in [-0.2, -0.15) is 17.4 Å². The van der Waals surface area contributed by atoms with Crippen molar-refractivity contribution < 1.29 is 8.42 Å². The van der Waals surface area contributed by atoms with Crippen LogP contribution >= 0.6 is 0 Å². The van der Waals surface area contributed by atoms with Gasteiger partial charge in [-0.1, -0.05) is 30.3 Å². The molecule has 0 aromatic heterocycles. The van der Waals surface area contributed by atoms with Crippen molar-refractivity contribution in [2.45, 2.75) is 31.2 Å². The van der Waals surface area contributed by atoms with Crippen LogP contribution in [-0.4, -0.2) is 38.4 Å². The molecule has 1 heterocycles. The standard InChI is InChI=1S/C15H23N3O2S/c16-10-12-5-4-8-18(11-12)21(19,20)17-15-9-14(15)13-6-2-1-3-7-13/h1-3,6-7,12,14-15,17H,4-5,8-11,16H2. The van der Waals surface area contributed by atoms with Crippen molar-refractivity contribution in [2.75, 3.05) is 19.6 Å². The smallest absolute Gasteiger partial charge is 0.279 e. The first-order valence-corrected chi connectivity index (χ1v) is 9.06. The summed E-state index contributed by atoms with van der Waals surface area (Å²) in [6.07, 6.45) is 2.81. The monoisotopic (exact) mass is 309 g/mol. The first-order valence-electron chi connectivity index (χ1n) is 7.62. The highest BCUT2D eigenvalue weighted by Gasteiger charge is 2.42. The molecule has 0 amide bonds. The van der Waals surface area contributed by atoms with Crippen molar-refractivity contribution in [1.82, 2.24) is 9.03 Å². The lowest BCUT2D eigenvalue weighted by Gasteiger charge is -2.31. The molecular formula is C15H23N3O2S. The maximum Gasteiger partial charge on any atom is 0.279 e. The fourth-order valence-corrected chi connectivity index (χ4v) is 4.67. The van der Waals surface area contributed by atoms with Crippen molar-refractivity contribution in [2.24, 2.45) is 11.7 Å². The van der Waals surface area contributed by atoms with Gasteiger partial charge in [0.2, 0.25) is 0 Å². The molecule has 0 spiro atoms. The van der Waals surface area contributed by atoms with Crippen molar-refractivity contribution in [3.8, 4) is 0 Å². The Morgan fingerprint density at radius 2 is 2.05 bits per heavy atom. The lowest BCUT2D eigenvalue weighted by atomic mass is 10.0. The molecule has 3 atom stereocenters. The van der Waals surface area contributed by atoms with Crippen LogP contribution in [-0.2, 0) is 10.2 Å². The van der Waals surface area contributed by atoms with E-state index in [9.17, 15) is 8.42 Å². The fraction of sp³-hybridized carbons (Fsp3) is 0.600. The third-order valence-electron chi connectivity index (χ3n) is 4.47. The number of nitrogens with zero attached hydrogens (tertiary/aromatic N) is 1. The molecule has 1 saturated carbocycles. The maximum atomic E-state index is 12.4. The molecule has 0 radical (unpaired) electrons. The van der Waals surface area contributed by atoms with Gasteiger partial charge in [0.05, 0.1) is 0 Å². The average Bonchev–Trinajstić information content (AvgIpc) is 3.26. The number of benzene rings is 1. The second-order valence-electron chi connectivity index (χ2n) is 6.08. The Hall–Kier alpha value is -0.950. The van der Waals surface area contributed by atoms with E-state index in [2.05, 4.69) is 16.9 Å². The van der Waals surface area contributed by atoms with Gasteiger partial charge in [0.1, 0.15) is 0 Å². The Morgan fingerprint density at radius 3 is 2.76 bits per heavy atom. The summed E-state index contributed by atoms with van der Waals surface area (Å²) >= 11 is 0. The topological polar surface area (TPSA) is 75.4 Å². The number of nitrogens with one attached hydrogen (secondary N) is 1. The molecule has 3 unspecified atom stereocenters. The zero-order valence-corrected chi connectivity index (χ0v) is 12.9. The van der Waals surface area contributed by atoms with Crippen LogP contribution in [0.1, 0.15) is 30.7 Å². The predicted octanol–water partition coefficient (Wildman–Crippen LogP) is 1.05. The van der Waals surface area contributed by atoms with E-state index in [1.807, 2.05) is 18.2 Å². The molecule has 116 valence electrons. The van der Waals surface area contributed by atoms with Crippen molar-refractivity contribution >= 4 is 10.2 Å². The van der Waals surface area contributed by atoms with E-state index in [4.69, 9.17) is 5.73 Å². The third kappa shape index (κ3) is 3.45. The van der Waals surface area contributed by atoms with Crippen LogP contribution in [0.5, 0.6) is 0 Å². The van der Waals surface area contributed by atoms with Gasteiger partial charge < -0.3 is 5.73 Å². The summed E-state index contributed by atoms with van der Waals surface area (Å²) in [4.78, 5) is 0. The zero-order valence-electron chi connectivity index (χ0n) is 12.1. The highest BCUT2D eigenvalue weighted by molar-refractivity contribution is 7.87. The van der Waals surface area contributed by atoms with Crippen LogP contribution in [0, 0.1) is 5.92 Å². The summed E-state index contributed by atoms with van der Waals surface area (Å²) in [5.74, 6) is 0.607. The quantitative estimate of drug-likeness (QED) is 0.853. The van der Waals surface area contributed by atoms with Crippen LogP contribution in [0.4, 0.5) is 0 Å². The van der Waals surface area contributed by atoms with E-state index in [1.165, 1.54) is 5.56 Å². The summed E-state index contributed by atoms with van der Waals surface area (Å²) in [5.41, 5.74) is 6.89. The zero-order chi connectivity index (χ0) is 14.9. The normalized spacial score (nSPS) is 30.2. The highest BCUT2D eigenvalue weighted by atomic mass is 32.2. The third-order valence-corrected chi connectivity index (χ3v) is 6.09. The molecule has 1 aliphatic heterocycles. The fourth-order valence-electron chi connectivity index (χ4n) is 3.10. The number of rotatable bonds is 5. The van der Waals surface area contributed by atoms with Gasteiger partial charge in [-0.15, -0.1) is 0 Å². The van der Waals surface area contributed by atoms with Crippen molar-refractivity contribution in [1.29, 1.82) is 0 Å². The summed E-state index contributed by atoms with van der Waals surface area (Å²) in [6.45, 7) is 1.71. The molecule has 3 rings (SSSR count). The van der Waals surface area contributed by atoms with Crippen LogP contribution in [0.3, 0.4) is 0 Å². The highest BCUT2D eigenvalue weighted by Crippen LogP contribution is 2.41. The van der Waals surface area contributed by atoms with E-state index < -0.39 is 10.2 Å². The van der Waals surface area contributed by atoms with Crippen molar-refractivity contribution in [3.05, 3.63) is 35.9 Å². The Labute approximate surface area is 126 Å². The number of nitrogens with two attached hydrogens (primary N) is 1. The van der Waals surface area contributed by atoms with E-state index in [-0.39, 0.29) is 6.04 Å². The van der Waals surface area contributed by atoms with Crippen LogP contribution in [0.2, 0.25) is 0 Å². The van der Waals surface area contributed by atoms with Gasteiger partial charge >= 0.3 is 0 Å². The molecule has 1 aromatic rings. The van der Waals surface area contributed by atoms with E-state index in [1.54, 1.807) is 4.31 Å².